The summed E-state index contributed by atoms with van der Waals surface area (Å²) in [5.41, 5.74) is 6.21. The largest absolute Gasteiger partial charge is 0.383 e. The number of hydrogen-bond donors (Lipinski definition) is 3. The van der Waals surface area contributed by atoms with Gasteiger partial charge in [0.2, 0.25) is 15.9 Å². The Morgan fingerprint density at radius 3 is 2.76 bits per heavy atom. The molecule has 0 fully saturated rings. The second-order valence-corrected chi connectivity index (χ2v) is 6.11. The highest BCUT2D eigenvalue weighted by atomic mass is 32.2. The Morgan fingerprint density at radius 2 is 2.10 bits per heavy atom. The molecule has 1 rings (SSSR count). The molecule has 1 aromatic rings. The van der Waals surface area contributed by atoms with Gasteiger partial charge in [-0.1, -0.05) is 12.1 Å². The van der Waals surface area contributed by atoms with E-state index in [1.807, 2.05) is 0 Å². The molecule has 1 aromatic carbocycles. The molecule has 8 heteroatoms. The minimum absolute atomic E-state index is 0.0357. The molecular formula is C13H21N3O4S. The van der Waals surface area contributed by atoms with Crippen LogP contribution in [0.15, 0.2) is 29.2 Å². The predicted octanol–water partition coefficient (Wildman–Crippen LogP) is -0.424. The Balaban J connectivity index is 2.47. The molecule has 0 bridgehead atoms. The smallest absolute Gasteiger partial charge is 0.240 e. The highest BCUT2D eigenvalue weighted by molar-refractivity contribution is 7.89. The second-order valence-electron chi connectivity index (χ2n) is 4.34. The highest BCUT2D eigenvalue weighted by Crippen LogP contribution is 2.10. The second kappa shape index (κ2) is 8.73. The van der Waals surface area contributed by atoms with Crippen LogP contribution in [0.25, 0.3) is 0 Å². The van der Waals surface area contributed by atoms with Gasteiger partial charge >= 0.3 is 0 Å². The van der Waals surface area contributed by atoms with Crippen LogP contribution in [0.1, 0.15) is 12.0 Å². The van der Waals surface area contributed by atoms with E-state index in [9.17, 15) is 13.2 Å². The van der Waals surface area contributed by atoms with Gasteiger partial charge in [-0.05, 0) is 17.7 Å². The molecule has 0 spiro atoms. The number of hydrogen-bond acceptors (Lipinski definition) is 5. The lowest BCUT2D eigenvalue weighted by molar-refractivity contribution is -0.121. The van der Waals surface area contributed by atoms with Crippen LogP contribution in [0.2, 0.25) is 0 Å². The van der Waals surface area contributed by atoms with Gasteiger partial charge in [-0.25, -0.2) is 13.1 Å². The van der Waals surface area contributed by atoms with Crippen LogP contribution in [0.3, 0.4) is 0 Å². The number of benzene rings is 1. The van der Waals surface area contributed by atoms with Crippen LogP contribution in [0, 0.1) is 0 Å². The maximum absolute atomic E-state index is 12.0. The first-order valence-corrected chi connectivity index (χ1v) is 8.02. The summed E-state index contributed by atoms with van der Waals surface area (Å²) in [6, 6.07) is 6.39. The lowest BCUT2D eigenvalue weighted by atomic mass is 10.2. The van der Waals surface area contributed by atoms with Crippen molar-refractivity contribution in [3.8, 4) is 0 Å². The Bertz CT molecular complexity index is 560. The number of carbonyl (C=O) groups excluding carboxylic acids is 1. The van der Waals surface area contributed by atoms with E-state index >= 15 is 0 Å². The molecule has 0 aliphatic rings. The normalized spacial score (nSPS) is 11.3. The third-order valence-corrected chi connectivity index (χ3v) is 4.18. The van der Waals surface area contributed by atoms with Crippen molar-refractivity contribution in [3.05, 3.63) is 29.8 Å². The molecule has 118 valence electrons. The summed E-state index contributed by atoms with van der Waals surface area (Å²) in [6.07, 6.45) is 0.0690. The van der Waals surface area contributed by atoms with Crippen molar-refractivity contribution in [2.75, 3.05) is 26.8 Å². The van der Waals surface area contributed by atoms with Crippen LogP contribution in [-0.2, 0) is 26.1 Å². The maximum Gasteiger partial charge on any atom is 0.240 e. The van der Waals surface area contributed by atoms with Gasteiger partial charge in [0.25, 0.3) is 0 Å². The quantitative estimate of drug-likeness (QED) is 0.536. The number of methoxy groups -OCH3 is 1. The number of carbonyl (C=O) groups is 1. The van der Waals surface area contributed by atoms with Gasteiger partial charge in [0, 0.05) is 33.2 Å². The fraction of sp³-hybridized carbons (Fsp3) is 0.462. The van der Waals surface area contributed by atoms with E-state index in [1.165, 1.54) is 19.2 Å². The number of nitrogens with two attached hydrogens (primary N) is 1. The zero-order valence-electron chi connectivity index (χ0n) is 12.0. The van der Waals surface area contributed by atoms with E-state index in [1.54, 1.807) is 12.1 Å². The van der Waals surface area contributed by atoms with Gasteiger partial charge in [-0.15, -0.1) is 0 Å². The SMILES string of the molecule is COCCNC(=O)CCNS(=O)(=O)c1cccc(CN)c1. The molecule has 0 saturated carbocycles. The zero-order chi connectivity index (χ0) is 15.7. The summed E-state index contributed by atoms with van der Waals surface area (Å²) in [5.74, 6) is -0.231. The van der Waals surface area contributed by atoms with Crippen LogP contribution in [0.4, 0.5) is 0 Å². The molecule has 1 amide bonds. The fourth-order valence-corrected chi connectivity index (χ4v) is 2.70. The average molecular weight is 315 g/mol. The third kappa shape index (κ3) is 6.21. The van der Waals surface area contributed by atoms with Gasteiger partial charge < -0.3 is 15.8 Å². The molecule has 0 aliphatic carbocycles. The highest BCUT2D eigenvalue weighted by Gasteiger charge is 2.14. The summed E-state index contributed by atoms with van der Waals surface area (Å²) >= 11 is 0. The van der Waals surface area contributed by atoms with Gasteiger partial charge in [0.15, 0.2) is 0 Å². The van der Waals surface area contributed by atoms with Crippen LogP contribution < -0.4 is 15.8 Å². The Labute approximate surface area is 124 Å². The Kier molecular flexibility index (Phi) is 7.30. The summed E-state index contributed by atoms with van der Waals surface area (Å²) in [4.78, 5) is 11.6. The predicted molar refractivity (Wildman–Crippen MR) is 79.0 cm³/mol. The van der Waals surface area contributed by atoms with Crippen molar-refractivity contribution in [2.45, 2.75) is 17.9 Å². The first-order chi connectivity index (χ1) is 9.99. The topological polar surface area (TPSA) is 111 Å². The monoisotopic (exact) mass is 315 g/mol. The summed E-state index contributed by atoms with van der Waals surface area (Å²) in [5, 5.41) is 2.61. The number of nitrogens with one attached hydrogen (secondary N) is 2. The third-order valence-electron chi connectivity index (χ3n) is 2.72. The average Bonchev–Trinajstić information content (AvgIpc) is 2.47. The van der Waals surface area contributed by atoms with Crippen LogP contribution >= 0.6 is 0 Å². The van der Waals surface area contributed by atoms with E-state index in [-0.39, 0.29) is 30.3 Å². The summed E-state index contributed by atoms with van der Waals surface area (Å²) in [6.45, 7) is 1.13. The lowest BCUT2D eigenvalue weighted by Gasteiger charge is -2.08. The minimum Gasteiger partial charge on any atom is -0.383 e. The van der Waals surface area contributed by atoms with Gasteiger partial charge in [0.1, 0.15) is 0 Å². The standard InChI is InChI=1S/C13H21N3O4S/c1-20-8-7-15-13(17)5-6-16-21(18,19)12-4-2-3-11(9-12)10-14/h2-4,9,16H,5-8,10,14H2,1H3,(H,15,17). The maximum atomic E-state index is 12.0. The molecule has 21 heavy (non-hydrogen) atoms. The number of sulfonamides is 1. The lowest BCUT2D eigenvalue weighted by Crippen LogP contribution is -2.32. The van der Waals surface area contributed by atoms with E-state index in [0.29, 0.717) is 13.2 Å². The summed E-state index contributed by atoms with van der Waals surface area (Å²) in [7, 11) is -2.09. The molecule has 0 atom stereocenters. The van der Waals surface area contributed by atoms with Gasteiger partial charge in [-0.3, -0.25) is 4.79 Å². The van der Waals surface area contributed by atoms with E-state index in [0.717, 1.165) is 5.56 Å². The first kappa shape index (κ1) is 17.6. The van der Waals surface area contributed by atoms with Gasteiger partial charge in [-0.2, -0.15) is 0 Å². The van der Waals surface area contributed by atoms with E-state index in [4.69, 9.17) is 10.5 Å². The van der Waals surface area contributed by atoms with Gasteiger partial charge in [0.05, 0.1) is 11.5 Å². The fourth-order valence-electron chi connectivity index (χ4n) is 1.60. The van der Waals surface area contributed by atoms with Crippen LogP contribution in [-0.4, -0.2) is 41.1 Å². The molecule has 0 unspecified atom stereocenters. The summed E-state index contributed by atoms with van der Waals surface area (Å²) < 4.78 is 31.3. The minimum atomic E-state index is -3.62. The van der Waals surface area contributed by atoms with E-state index in [2.05, 4.69) is 10.0 Å². The molecule has 0 saturated heterocycles. The van der Waals surface area contributed by atoms with Crippen molar-refractivity contribution >= 4 is 15.9 Å². The Morgan fingerprint density at radius 1 is 1.33 bits per heavy atom. The molecule has 0 aromatic heterocycles. The van der Waals surface area contributed by atoms with Crippen molar-refractivity contribution in [1.82, 2.24) is 10.0 Å². The van der Waals surface area contributed by atoms with Crippen molar-refractivity contribution in [3.63, 3.8) is 0 Å². The molecule has 4 N–H and O–H groups in total. The van der Waals surface area contributed by atoms with E-state index < -0.39 is 10.0 Å². The Hall–Kier alpha value is -1.48. The molecule has 7 nitrogen and oxygen atoms in total. The van der Waals surface area contributed by atoms with Crippen molar-refractivity contribution in [2.24, 2.45) is 5.73 Å². The van der Waals surface area contributed by atoms with Crippen molar-refractivity contribution in [1.29, 1.82) is 0 Å². The number of rotatable bonds is 9. The molecule has 0 radical (unpaired) electrons. The number of amides is 1. The molecule has 0 aliphatic heterocycles. The zero-order valence-corrected chi connectivity index (χ0v) is 12.8. The first-order valence-electron chi connectivity index (χ1n) is 6.54. The number of ether oxygens (including phenoxy) is 1. The molecule has 0 heterocycles. The van der Waals surface area contributed by atoms with Crippen molar-refractivity contribution < 1.29 is 17.9 Å². The molecular weight excluding hydrogens is 294 g/mol. The van der Waals surface area contributed by atoms with Crippen LogP contribution in [0.5, 0.6) is 0 Å².